The normalized spacial score (nSPS) is 13.5. The highest BCUT2D eigenvalue weighted by Gasteiger charge is 2.36. The van der Waals surface area contributed by atoms with Crippen LogP contribution in [0, 0.1) is 0 Å². The van der Waals surface area contributed by atoms with Crippen molar-refractivity contribution in [2.45, 2.75) is 6.18 Å². The standard InChI is InChI=1S/C20H13F3N4O3/c21-20(22,23)12-6-7-16(27-9-3-8-24-27)15(10-12)25-17(28)11-26-18(29)13-4-1-2-5-14(13)19(26)30/h1-10H,11H2,(H,25,28). The van der Waals surface area contributed by atoms with Crippen LogP contribution >= 0.6 is 0 Å². The van der Waals surface area contributed by atoms with Crippen LogP contribution in [0.25, 0.3) is 5.69 Å². The van der Waals surface area contributed by atoms with Gasteiger partial charge in [0.2, 0.25) is 5.91 Å². The first kappa shape index (κ1) is 19.4. The molecule has 3 amide bonds. The van der Waals surface area contributed by atoms with Crippen molar-refractivity contribution in [2.75, 3.05) is 11.9 Å². The van der Waals surface area contributed by atoms with Gasteiger partial charge in [0.05, 0.1) is 28.1 Å². The molecule has 3 aromatic rings. The van der Waals surface area contributed by atoms with Gasteiger partial charge < -0.3 is 5.32 Å². The third kappa shape index (κ3) is 3.43. The Morgan fingerprint density at radius 2 is 1.67 bits per heavy atom. The van der Waals surface area contributed by atoms with Gasteiger partial charge in [0.1, 0.15) is 6.54 Å². The summed E-state index contributed by atoms with van der Waals surface area (Å²) in [5.74, 6) is -2.10. The second kappa shape index (κ2) is 7.14. The van der Waals surface area contributed by atoms with Crippen LogP contribution in [-0.4, -0.2) is 38.9 Å². The zero-order valence-electron chi connectivity index (χ0n) is 15.2. The monoisotopic (exact) mass is 414 g/mol. The zero-order valence-corrected chi connectivity index (χ0v) is 15.2. The van der Waals surface area contributed by atoms with Gasteiger partial charge in [-0.25, -0.2) is 4.68 Å². The molecule has 7 nitrogen and oxygen atoms in total. The number of hydrogen-bond donors (Lipinski definition) is 1. The SMILES string of the molecule is O=C(CN1C(=O)c2ccccc2C1=O)Nc1cc(C(F)(F)F)ccc1-n1cccn1. The predicted octanol–water partition coefficient (Wildman–Crippen LogP) is 3.13. The Labute approximate surface area is 167 Å². The second-order valence-corrected chi connectivity index (χ2v) is 6.47. The fourth-order valence-corrected chi connectivity index (χ4v) is 3.14. The van der Waals surface area contributed by atoms with E-state index in [1.54, 1.807) is 18.2 Å². The molecule has 2 heterocycles. The van der Waals surface area contributed by atoms with E-state index in [-0.39, 0.29) is 22.5 Å². The van der Waals surface area contributed by atoms with E-state index in [0.29, 0.717) is 0 Å². The van der Waals surface area contributed by atoms with E-state index >= 15 is 0 Å². The van der Waals surface area contributed by atoms with Crippen molar-refractivity contribution in [2.24, 2.45) is 0 Å². The average molecular weight is 414 g/mol. The topological polar surface area (TPSA) is 84.3 Å². The summed E-state index contributed by atoms with van der Waals surface area (Å²) in [6, 6.07) is 10.5. The number of amides is 3. The van der Waals surface area contributed by atoms with Crippen LogP contribution in [0.5, 0.6) is 0 Å². The van der Waals surface area contributed by atoms with Gasteiger partial charge >= 0.3 is 6.18 Å². The molecule has 0 atom stereocenters. The number of carbonyl (C=O) groups is 3. The van der Waals surface area contributed by atoms with Crippen molar-refractivity contribution in [1.82, 2.24) is 14.7 Å². The summed E-state index contributed by atoms with van der Waals surface area (Å²) in [5, 5.41) is 6.33. The Morgan fingerprint density at radius 1 is 1.00 bits per heavy atom. The van der Waals surface area contributed by atoms with Gasteiger partial charge in [-0.05, 0) is 36.4 Å². The lowest BCUT2D eigenvalue weighted by Crippen LogP contribution is -2.37. The van der Waals surface area contributed by atoms with Crippen LogP contribution < -0.4 is 5.32 Å². The van der Waals surface area contributed by atoms with Crippen LogP contribution in [0.2, 0.25) is 0 Å². The Bertz CT molecular complexity index is 1120. The number of fused-ring (bicyclic) bond motifs is 1. The number of alkyl halides is 3. The number of rotatable bonds is 4. The minimum Gasteiger partial charge on any atom is -0.323 e. The van der Waals surface area contributed by atoms with Gasteiger partial charge in [0.25, 0.3) is 11.8 Å². The maximum Gasteiger partial charge on any atom is 0.416 e. The summed E-state index contributed by atoms with van der Waals surface area (Å²) >= 11 is 0. The van der Waals surface area contributed by atoms with E-state index in [1.807, 2.05) is 0 Å². The molecule has 1 aliphatic heterocycles. The number of nitrogens with one attached hydrogen (secondary N) is 1. The van der Waals surface area contributed by atoms with Gasteiger partial charge in [-0.15, -0.1) is 0 Å². The summed E-state index contributed by atoms with van der Waals surface area (Å²) in [6.07, 6.45) is -1.69. The molecule has 0 aliphatic carbocycles. The molecule has 0 fully saturated rings. The van der Waals surface area contributed by atoms with Crippen LogP contribution in [0.4, 0.5) is 18.9 Å². The first-order valence-corrected chi connectivity index (χ1v) is 8.72. The lowest BCUT2D eigenvalue weighted by Gasteiger charge is -2.17. The third-order valence-corrected chi connectivity index (χ3v) is 4.53. The number of nitrogens with zero attached hydrogens (tertiary/aromatic N) is 3. The molecule has 2 aromatic carbocycles. The van der Waals surface area contributed by atoms with Gasteiger partial charge in [-0.3, -0.25) is 19.3 Å². The maximum absolute atomic E-state index is 13.1. The lowest BCUT2D eigenvalue weighted by atomic mass is 10.1. The van der Waals surface area contributed by atoms with E-state index in [1.165, 1.54) is 35.3 Å². The number of hydrogen-bond acceptors (Lipinski definition) is 4. The first-order chi connectivity index (χ1) is 14.3. The number of benzene rings is 2. The summed E-state index contributed by atoms with van der Waals surface area (Å²) in [7, 11) is 0. The molecular weight excluding hydrogens is 401 g/mol. The molecule has 0 saturated carbocycles. The summed E-state index contributed by atoms with van der Waals surface area (Å²) < 4.78 is 40.7. The number of aromatic nitrogens is 2. The summed E-state index contributed by atoms with van der Waals surface area (Å²) in [6.45, 7) is -0.638. The predicted molar refractivity (Wildman–Crippen MR) is 99.0 cm³/mol. The molecule has 10 heteroatoms. The average Bonchev–Trinajstić information content (AvgIpc) is 3.31. The van der Waals surface area contributed by atoms with Crippen molar-refractivity contribution in [1.29, 1.82) is 0 Å². The highest BCUT2D eigenvalue weighted by Crippen LogP contribution is 2.33. The Hall–Kier alpha value is -3.95. The molecule has 0 saturated heterocycles. The molecule has 0 spiro atoms. The van der Waals surface area contributed by atoms with Crippen LogP contribution in [-0.2, 0) is 11.0 Å². The first-order valence-electron chi connectivity index (χ1n) is 8.72. The second-order valence-electron chi connectivity index (χ2n) is 6.47. The molecule has 30 heavy (non-hydrogen) atoms. The van der Waals surface area contributed by atoms with Crippen LogP contribution in [0.3, 0.4) is 0 Å². The summed E-state index contributed by atoms with van der Waals surface area (Å²) in [5.41, 5.74) is -0.577. The van der Waals surface area contributed by atoms with Gasteiger partial charge in [0.15, 0.2) is 0 Å². The van der Waals surface area contributed by atoms with Crippen LogP contribution in [0.1, 0.15) is 26.3 Å². The molecule has 1 aliphatic rings. The molecule has 1 aromatic heterocycles. The number of imide groups is 1. The minimum absolute atomic E-state index is 0.157. The van der Waals surface area contributed by atoms with Gasteiger partial charge in [-0.1, -0.05) is 12.1 Å². The van der Waals surface area contributed by atoms with E-state index in [9.17, 15) is 27.6 Å². The highest BCUT2D eigenvalue weighted by molar-refractivity contribution is 6.22. The lowest BCUT2D eigenvalue weighted by molar-refractivity contribution is -0.137. The van der Waals surface area contributed by atoms with Crippen molar-refractivity contribution in [3.05, 3.63) is 77.6 Å². The van der Waals surface area contributed by atoms with Crippen LogP contribution in [0.15, 0.2) is 60.9 Å². The smallest absolute Gasteiger partial charge is 0.323 e. The maximum atomic E-state index is 13.1. The van der Waals surface area contributed by atoms with E-state index in [0.717, 1.165) is 17.0 Å². The molecule has 0 unspecified atom stereocenters. The molecule has 1 N–H and O–H groups in total. The van der Waals surface area contributed by atoms with E-state index in [2.05, 4.69) is 10.4 Å². The third-order valence-electron chi connectivity index (χ3n) is 4.53. The van der Waals surface area contributed by atoms with Crippen molar-refractivity contribution in [3.63, 3.8) is 0 Å². The summed E-state index contributed by atoms with van der Waals surface area (Å²) in [4.78, 5) is 38.1. The fourth-order valence-electron chi connectivity index (χ4n) is 3.14. The fraction of sp³-hybridized carbons (Fsp3) is 0.100. The Kier molecular flexibility index (Phi) is 4.61. The van der Waals surface area contributed by atoms with Crippen molar-refractivity contribution >= 4 is 23.4 Å². The highest BCUT2D eigenvalue weighted by atomic mass is 19.4. The molecule has 0 bridgehead atoms. The van der Waals surface area contributed by atoms with Crippen molar-refractivity contribution < 1.29 is 27.6 Å². The molecular formula is C20H13F3N4O3. The number of anilines is 1. The molecule has 152 valence electrons. The zero-order chi connectivity index (χ0) is 21.5. The minimum atomic E-state index is -4.62. The Morgan fingerprint density at radius 3 is 2.23 bits per heavy atom. The van der Waals surface area contributed by atoms with E-state index < -0.39 is 36.0 Å². The quantitative estimate of drug-likeness (QED) is 0.665. The number of carbonyl (C=O) groups excluding carboxylic acids is 3. The van der Waals surface area contributed by atoms with Gasteiger partial charge in [-0.2, -0.15) is 18.3 Å². The number of halogens is 3. The van der Waals surface area contributed by atoms with E-state index in [4.69, 9.17) is 0 Å². The van der Waals surface area contributed by atoms with Crippen molar-refractivity contribution in [3.8, 4) is 5.69 Å². The Balaban J connectivity index is 1.60. The van der Waals surface area contributed by atoms with Gasteiger partial charge in [0, 0.05) is 12.4 Å². The largest absolute Gasteiger partial charge is 0.416 e. The molecule has 4 rings (SSSR count). The molecule has 0 radical (unpaired) electrons.